The third-order valence-corrected chi connectivity index (χ3v) is 24.3. The standard InChI is InChI=1S/C85H119N23O19S2/c1-8-9-20-66(84(127)105(6)46(4)72(115)98-57(19-14-27-93-85(89)90)75(118)104-64(74(117)95-38-70(88)113)42-128-43-71(114)97-58(73(116)91-5)30-47-23-25-51(110)26-24-47)106(7)82(125)62(32-49-41-129-68-22-13-11-17-54(49)68)102-78(121)63(40-109)103-76(119)59(31-48-36-94-56-18-12-10-16-53(48)56)99-80(123)67-34-52(111)39-108(67)83(126)61(29-45(2)3)101-77(120)60(33-50-37-92-44-96-50)100-79(122)65-21-15-28-107(65)81(124)55(86)35-69(87)112/h10-13,16-18,22-26,36-37,41,44-46,52,55,57-67,94,109-111H,8-9,14-15,19-21,27-35,38-40,42-43,86H2,1-7H3,(H2,87,112)(H2,88,113)(H,91,116)(H,92,96)(H,95,117)(H,97,114)(H,98,115)(H,99,123)(H,100,122)(H,101,120)(H,102,121)(H,103,119)(H,104,118)(H4,89,90,93)/t46-,52+,55-,57-,58-,59-,60-,61-,62-,63-,64?,65-,66-,67-/m0/s1. The van der Waals surface area contributed by atoms with Crippen LogP contribution in [-0.4, -0.2) is 300 Å². The minimum atomic E-state index is -1.87. The number of aromatic hydroxyl groups is 1. The predicted molar refractivity (Wildman–Crippen MR) is 477 cm³/mol. The number of benzene rings is 3. The first kappa shape index (κ1) is 102. The van der Waals surface area contributed by atoms with Gasteiger partial charge in [0.2, 0.25) is 94.5 Å². The summed E-state index contributed by atoms with van der Waals surface area (Å²) in [5.74, 6) is -14.9. The summed E-state index contributed by atoms with van der Waals surface area (Å²) < 4.78 is 0.811. The lowest BCUT2D eigenvalue weighted by Gasteiger charge is -2.35. The maximum atomic E-state index is 15.6. The number of primary amides is 2. The first-order valence-electron chi connectivity index (χ1n) is 42.5. The molecule has 14 atom stereocenters. The number of phenolic OH excluding ortho intramolecular Hbond substituents is 1. The fourth-order valence-electron chi connectivity index (χ4n) is 15.2. The number of nitrogens with zero attached hydrogens (tertiary/aromatic N) is 5. The molecule has 0 radical (unpaired) electrons. The van der Waals surface area contributed by atoms with E-state index in [0.29, 0.717) is 57.9 Å². The molecule has 8 rings (SSSR count). The van der Waals surface area contributed by atoms with E-state index in [-0.39, 0.29) is 100 Å². The summed E-state index contributed by atoms with van der Waals surface area (Å²) in [6.45, 7) is 4.71. The van der Waals surface area contributed by atoms with Gasteiger partial charge >= 0.3 is 0 Å². The Morgan fingerprint density at radius 3 is 1.91 bits per heavy atom. The van der Waals surface area contributed by atoms with E-state index in [4.69, 9.17) is 28.3 Å². The van der Waals surface area contributed by atoms with E-state index in [1.54, 1.807) is 74.0 Å². The fraction of sp³-hybridized carbons (Fsp3) is 0.506. The highest BCUT2D eigenvalue weighted by atomic mass is 32.2. The number of hydrogen-bond acceptors (Lipinski definition) is 24. The molecule has 25 N–H and O–H groups in total. The number of guanidine groups is 1. The van der Waals surface area contributed by atoms with Gasteiger partial charge in [-0.15, -0.1) is 23.1 Å². The first-order chi connectivity index (χ1) is 61.4. The van der Waals surface area contributed by atoms with Gasteiger partial charge in [0.25, 0.3) is 0 Å². The van der Waals surface area contributed by atoms with Crippen molar-refractivity contribution in [2.75, 3.05) is 65.4 Å². The molecule has 44 heteroatoms. The Hall–Kier alpha value is -12.8. The van der Waals surface area contributed by atoms with E-state index < -0.39 is 211 Å². The van der Waals surface area contributed by atoms with Crippen LogP contribution >= 0.6 is 23.1 Å². The van der Waals surface area contributed by atoms with Crippen molar-refractivity contribution >= 4 is 145 Å². The van der Waals surface area contributed by atoms with E-state index in [1.807, 2.05) is 19.1 Å². The summed E-state index contributed by atoms with van der Waals surface area (Å²) >= 11 is 2.21. The molecule has 2 saturated heterocycles. The van der Waals surface area contributed by atoms with Gasteiger partial charge in [-0.3, -0.25) is 82.1 Å². The van der Waals surface area contributed by atoms with Gasteiger partial charge < -0.3 is 126 Å². The minimum absolute atomic E-state index is 0.0000691. The van der Waals surface area contributed by atoms with E-state index in [9.17, 15) is 63.3 Å². The Kier molecular flexibility index (Phi) is 38.5. The average molecular weight is 1830 g/mol. The van der Waals surface area contributed by atoms with Gasteiger partial charge in [-0.05, 0) is 103 Å². The summed E-state index contributed by atoms with van der Waals surface area (Å²) in [4.78, 5) is 241. The van der Waals surface area contributed by atoms with Gasteiger partial charge in [0.1, 0.15) is 78.3 Å². The number of imidazole rings is 1. The minimum Gasteiger partial charge on any atom is -0.508 e. The number of aliphatic hydroxyl groups excluding tert-OH is 2. The van der Waals surface area contributed by atoms with Crippen LogP contribution in [0.3, 0.4) is 0 Å². The van der Waals surface area contributed by atoms with Crippen LogP contribution in [-0.2, 0) is 102 Å². The second-order valence-electron chi connectivity index (χ2n) is 32.4. The Balaban J connectivity index is 1.00. The molecule has 5 heterocycles. The van der Waals surface area contributed by atoms with E-state index in [2.05, 4.69) is 73.4 Å². The molecule has 700 valence electrons. The Bertz CT molecular complexity index is 4960. The van der Waals surface area contributed by atoms with Crippen molar-refractivity contribution in [1.29, 1.82) is 5.41 Å². The number of para-hydroxylation sites is 1. The van der Waals surface area contributed by atoms with Crippen molar-refractivity contribution in [2.24, 2.45) is 28.9 Å². The maximum Gasteiger partial charge on any atom is 0.245 e. The van der Waals surface area contributed by atoms with E-state index in [1.165, 1.54) is 69.0 Å². The Morgan fingerprint density at radius 2 is 1.26 bits per heavy atom. The van der Waals surface area contributed by atoms with Crippen molar-refractivity contribution in [2.45, 2.75) is 202 Å². The number of amides is 16. The third-order valence-electron chi connectivity index (χ3n) is 22.2. The number of nitrogens with one attached hydrogen (secondary N) is 14. The smallest absolute Gasteiger partial charge is 0.245 e. The fourth-order valence-corrected chi connectivity index (χ4v) is 17.0. The predicted octanol–water partition coefficient (Wildman–Crippen LogP) is -3.64. The van der Waals surface area contributed by atoms with Crippen LogP contribution in [0.2, 0.25) is 0 Å². The van der Waals surface area contributed by atoms with Crippen LogP contribution in [0.4, 0.5) is 0 Å². The maximum absolute atomic E-state index is 15.6. The van der Waals surface area contributed by atoms with Crippen LogP contribution in [0.1, 0.15) is 114 Å². The number of aromatic nitrogens is 3. The van der Waals surface area contributed by atoms with Crippen molar-refractivity contribution in [1.82, 2.24) is 93.0 Å². The highest BCUT2D eigenvalue weighted by molar-refractivity contribution is 8.00. The van der Waals surface area contributed by atoms with Gasteiger partial charge in [-0.25, -0.2) is 4.98 Å². The number of likely N-dealkylation sites (N-methyl/N-ethyl adjacent to an activating group) is 3. The number of β-amino-alcohol motifs (C(OH)–C–C–N with tert-alkyl or cyclic N) is 1. The van der Waals surface area contributed by atoms with Crippen LogP contribution in [0.5, 0.6) is 5.75 Å². The van der Waals surface area contributed by atoms with Crippen molar-refractivity contribution in [3.8, 4) is 5.75 Å². The molecular formula is C85H119N23O19S2. The lowest BCUT2D eigenvalue weighted by Crippen LogP contribution is -2.61. The first-order valence-corrected chi connectivity index (χ1v) is 44.5. The molecule has 2 fully saturated rings. The van der Waals surface area contributed by atoms with E-state index >= 15 is 28.8 Å². The quantitative estimate of drug-likeness (QED) is 0.00995. The summed E-state index contributed by atoms with van der Waals surface area (Å²) in [5, 5.41) is 72.0. The topological polar surface area (TPSA) is 652 Å². The van der Waals surface area contributed by atoms with Crippen molar-refractivity contribution < 1.29 is 92.0 Å². The molecule has 42 nitrogen and oxygen atoms in total. The molecule has 2 aliphatic rings. The molecule has 0 bridgehead atoms. The number of aliphatic hydroxyl groups is 2. The zero-order valence-corrected chi connectivity index (χ0v) is 74.6. The van der Waals surface area contributed by atoms with E-state index in [0.717, 1.165) is 31.2 Å². The monoisotopic (exact) mass is 1830 g/mol. The number of nitrogens with two attached hydrogens (primary N) is 4. The molecule has 3 aromatic carbocycles. The van der Waals surface area contributed by atoms with Gasteiger partial charge in [0.05, 0.1) is 43.8 Å². The molecule has 6 aromatic rings. The van der Waals surface area contributed by atoms with Gasteiger partial charge in [0, 0.05) is 112 Å². The second-order valence-corrected chi connectivity index (χ2v) is 34.4. The number of phenols is 1. The zero-order chi connectivity index (χ0) is 94.5. The number of H-pyrrole nitrogens is 2. The molecule has 2 aliphatic heterocycles. The molecular weight excluding hydrogens is 1710 g/mol. The lowest BCUT2D eigenvalue weighted by molar-refractivity contribution is -0.149. The number of likely N-dealkylation sites (tertiary alicyclic amines) is 2. The number of thioether (sulfide) groups is 1. The number of fused-ring (bicyclic) bond motifs is 2. The SMILES string of the molecule is CCCC[C@@H](C(=O)N(C)[C@@H](C)C(=O)N[C@@H](CCCNC(=N)N)C(=O)NC(CSCC(=O)N[C@@H](Cc1ccc(O)cc1)C(=O)NC)C(=O)NCC(N)=O)N(C)C(=O)[C@H](Cc1csc2ccccc12)NC(=O)[C@H](CO)NC(=O)[C@H](Cc1c[nH]c2ccccc12)NC(=O)[C@@H]1C[C@@H](O)CN1C(=O)[C@H](CC(C)C)NC(=O)[C@H](Cc1cnc[nH]1)NC(=O)[C@@H]1CCCN1C(=O)[C@@H](N)CC(N)=O. The molecule has 0 spiro atoms. The zero-order valence-electron chi connectivity index (χ0n) is 73.0. The van der Waals surface area contributed by atoms with Crippen molar-refractivity contribution in [3.63, 3.8) is 0 Å². The lowest BCUT2D eigenvalue weighted by atomic mass is 10.0. The summed E-state index contributed by atoms with van der Waals surface area (Å²) in [6, 6.07) is 1.60. The molecule has 0 aliphatic carbocycles. The highest BCUT2D eigenvalue weighted by Crippen LogP contribution is 2.29. The number of aromatic amines is 2. The van der Waals surface area contributed by atoms with Crippen LogP contribution in [0.25, 0.3) is 21.0 Å². The average Bonchev–Trinajstić information content (AvgIpc) is 1.74. The molecule has 1 unspecified atom stereocenters. The number of carbonyl (C=O) groups is 16. The molecule has 16 amide bonds. The summed E-state index contributed by atoms with van der Waals surface area (Å²) in [6.07, 6.45) is 2.85. The number of thiophene rings is 1. The second kappa shape index (κ2) is 48.9. The number of unbranched alkanes of at least 4 members (excludes halogenated alkanes) is 1. The molecule has 3 aromatic heterocycles. The van der Waals surface area contributed by atoms with Gasteiger partial charge in [0.15, 0.2) is 5.96 Å². The van der Waals surface area contributed by atoms with Crippen LogP contribution in [0.15, 0.2) is 96.9 Å². The molecule has 0 saturated carbocycles. The van der Waals surface area contributed by atoms with Gasteiger partial charge in [-0.1, -0.05) is 82.1 Å². The summed E-state index contributed by atoms with van der Waals surface area (Å²) in [5.41, 5.74) is 24.9. The van der Waals surface area contributed by atoms with Crippen LogP contribution < -0.4 is 81.4 Å². The molecule has 129 heavy (non-hydrogen) atoms. The number of rotatable bonds is 49. The number of carbonyl (C=O) groups excluding carboxylic acids is 16. The normalized spacial score (nSPS) is 16.8. The Labute approximate surface area is 752 Å². The Morgan fingerprint density at radius 1 is 0.636 bits per heavy atom. The van der Waals surface area contributed by atoms with Crippen molar-refractivity contribution in [3.05, 3.63) is 119 Å². The summed E-state index contributed by atoms with van der Waals surface area (Å²) in [7, 11) is 4.01. The largest absolute Gasteiger partial charge is 0.508 e. The number of hydrogen-bond donors (Lipinski definition) is 21. The highest BCUT2D eigenvalue weighted by Gasteiger charge is 2.46. The van der Waals surface area contributed by atoms with Crippen LogP contribution in [0, 0.1) is 11.3 Å². The third kappa shape index (κ3) is 29.4. The van der Waals surface area contributed by atoms with Gasteiger partial charge in [-0.2, -0.15) is 0 Å².